The second-order valence-electron chi connectivity index (χ2n) is 4.38. The number of halogens is 2. The summed E-state index contributed by atoms with van der Waals surface area (Å²) in [6.07, 6.45) is 4.38. The third-order valence-corrected chi connectivity index (χ3v) is 3.12. The molecule has 0 aliphatic carbocycles. The van der Waals surface area contributed by atoms with Crippen LogP contribution in [0.3, 0.4) is 0 Å². The molecule has 0 saturated heterocycles. The fourth-order valence-corrected chi connectivity index (χ4v) is 2.05. The molecule has 0 aromatic heterocycles. The summed E-state index contributed by atoms with van der Waals surface area (Å²) in [5, 5.41) is 0. The van der Waals surface area contributed by atoms with Crippen LogP contribution in [0, 0.1) is 11.6 Å². The van der Waals surface area contributed by atoms with Gasteiger partial charge in [0.05, 0.1) is 0 Å². The predicted octanol–water partition coefficient (Wildman–Crippen LogP) is 5.23. The van der Waals surface area contributed by atoms with Crippen LogP contribution in [0.15, 0.2) is 42.5 Å². The van der Waals surface area contributed by atoms with Crippen LogP contribution in [0.1, 0.15) is 25.0 Å². The average Bonchev–Trinajstić information content (AvgIpc) is 2.43. The zero-order chi connectivity index (χ0) is 13.8. The molecule has 0 fully saturated rings. The maximum atomic E-state index is 14.0. The Balaban J connectivity index is 2.44. The van der Waals surface area contributed by atoms with E-state index in [0.29, 0.717) is 23.1 Å². The van der Waals surface area contributed by atoms with Gasteiger partial charge in [0, 0.05) is 5.56 Å². The number of rotatable bonds is 3. The zero-order valence-corrected chi connectivity index (χ0v) is 11.1. The monoisotopic (exact) mass is 258 g/mol. The van der Waals surface area contributed by atoms with E-state index >= 15 is 0 Å². The van der Waals surface area contributed by atoms with E-state index in [0.717, 1.165) is 5.56 Å². The van der Waals surface area contributed by atoms with Crippen molar-refractivity contribution in [3.63, 3.8) is 0 Å². The fourth-order valence-electron chi connectivity index (χ4n) is 2.05. The summed E-state index contributed by atoms with van der Waals surface area (Å²) in [4.78, 5) is 0. The highest BCUT2D eigenvalue weighted by Crippen LogP contribution is 2.27. The molecule has 19 heavy (non-hydrogen) atoms. The van der Waals surface area contributed by atoms with Crippen LogP contribution in [0.4, 0.5) is 8.78 Å². The molecule has 98 valence electrons. The minimum Gasteiger partial charge on any atom is -0.203 e. The predicted molar refractivity (Wildman–Crippen MR) is 75.9 cm³/mol. The first-order valence-electron chi connectivity index (χ1n) is 6.37. The maximum absolute atomic E-state index is 14.0. The molecule has 0 saturated carbocycles. The second kappa shape index (κ2) is 5.79. The third-order valence-electron chi connectivity index (χ3n) is 3.12. The van der Waals surface area contributed by atoms with Gasteiger partial charge in [0.15, 0.2) is 11.6 Å². The number of aryl methyl sites for hydroxylation is 1. The SMILES string of the molecule is CC=Cc1ccc(-c2ccc(CC)c(F)c2F)cc1. The van der Waals surface area contributed by atoms with Crippen LogP contribution in [-0.4, -0.2) is 0 Å². The van der Waals surface area contributed by atoms with E-state index in [9.17, 15) is 8.78 Å². The van der Waals surface area contributed by atoms with Gasteiger partial charge < -0.3 is 0 Å². The first-order chi connectivity index (χ1) is 9.17. The maximum Gasteiger partial charge on any atom is 0.166 e. The lowest BCUT2D eigenvalue weighted by atomic mass is 10.0. The molecule has 0 nitrogen and oxygen atoms in total. The number of benzene rings is 2. The molecule has 0 spiro atoms. The Kier molecular flexibility index (Phi) is 4.10. The van der Waals surface area contributed by atoms with E-state index < -0.39 is 11.6 Å². The van der Waals surface area contributed by atoms with Gasteiger partial charge in [0.2, 0.25) is 0 Å². The van der Waals surface area contributed by atoms with Crippen LogP contribution < -0.4 is 0 Å². The minimum atomic E-state index is -0.766. The Hall–Kier alpha value is -1.96. The van der Waals surface area contributed by atoms with Crippen molar-refractivity contribution in [3.05, 3.63) is 65.2 Å². The first-order valence-corrected chi connectivity index (χ1v) is 6.37. The largest absolute Gasteiger partial charge is 0.203 e. The lowest BCUT2D eigenvalue weighted by Gasteiger charge is -2.08. The van der Waals surface area contributed by atoms with E-state index in [1.165, 1.54) is 0 Å². The van der Waals surface area contributed by atoms with Gasteiger partial charge in [0.1, 0.15) is 0 Å². The number of hydrogen-bond donors (Lipinski definition) is 0. The third kappa shape index (κ3) is 2.73. The van der Waals surface area contributed by atoms with Crippen molar-refractivity contribution in [1.29, 1.82) is 0 Å². The molecule has 2 rings (SSSR count). The van der Waals surface area contributed by atoms with Crippen LogP contribution in [0.2, 0.25) is 0 Å². The Morgan fingerprint density at radius 2 is 1.63 bits per heavy atom. The Labute approximate surface area is 112 Å². The average molecular weight is 258 g/mol. The van der Waals surface area contributed by atoms with Gasteiger partial charge in [-0.2, -0.15) is 0 Å². The zero-order valence-electron chi connectivity index (χ0n) is 11.1. The standard InChI is InChI=1S/C17H16F2/c1-3-5-12-6-8-14(9-7-12)15-11-10-13(4-2)16(18)17(15)19/h3,5-11H,4H2,1-2H3. The summed E-state index contributed by atoms with van der Waals surface area (Å²) in [5.41, 5.74) is 2.44. The van der Waals surface area contributed by atoms with Crippen molar-refractivity contribution in [1.82, 2.24) is 0 Å². The van der Waals surface area contributed by atoms with E-state index in [4.69, 9.17) is 0 Å². The van der Waals surface area contributed by atoms with Crippen molar-refractivity contribution in [2.24, 2.45) is 0 Å². The fraction of sp³-hybridized carbons (Fsp3) is 0.176. The summed E-state index contributed by atoms with van der Waals surface area (Å²) in [6, 6.07) is 10.7. The smallest absolute Gasteiger partial charge is 0.166 e. The molecule has 0 heterocycles. The lowest BCUT2D eigenvalue weighted by molar-refractivity contribution is 0.502. The van der Waals surface area contributed by atoms with E-state index in [1.807, 2.05) is 38.1 Å². The van der Waals surface area contributed by atoms with E-state index in [2.05, 4.69) is 0 Å². The topological polar surface area (TPSA) is 0 Å². The molecule has 0 bridgehead atoms. The van der Waals surface area contributed by atoms with Gasteiger partial charge in [-0.3, -0.25) is 0 Å². The highest BCUT2D eigenvalue weighted by molar-refractivity contribution is 5.66. The van der Waals surface area contributed by atoms with Crippen molar-refractivity contribution >= 4 is 6.08 Å². The van der Waals surface area contributed by atoms with Crippen LogP contribution in [0.25, 0.3) is 17.2 Å². The molecule has 0 radical (unpaired) electrons. The van der Waals surface area contributed by atoms with Crippen molar-refractivity contribution in [2.45, 2.75) is 20.3 Å². The summed E-state index contributed by atoms with van der Waals surface area (Å²) in [7, 11) is 0. The Bertz CT molecular complexity index is 595. The van der Waals surface area contributed by atoms with Gasteiger partial charge >= 0.3 is 0 Å². The molecule has 0 atom stereocenters. The normalized spacial score (nSPS) is 11.2. The van der Waals surface area contributed by atoms with E-state index in [-0.39, 0.29) is 0 Å². The Morgan fingerprint density at radius 3 is 2.21 bits per heavy atom. The van der Waals surface area contributed by atoms with Gasteiger partial charge in [-0.1, -0.05) is 55.5 Å². The van der Waals surface area contributed by atoms with Crippen LogP contribution in [0.5, 0.6) is 0 Å². The van der Waals surface area contributed by atoms with Crippen LogP contribution in [-0.2, 0) is 6.42 Å². The van der Waals surface area contributed by atoms with Crippen molar-refractivity contribution < 1.29 is 8.78 Å². The van der Waals surface area contributed by atoms with Crippen molar-refractivity contribution in [3.8, 4) is 11.1 Å². The molecule has 0 aliphatic rings. The number of allylic oxidation sites excluding steroid dienone is 1. The molecule has 2 aromatic carbocycles. The molecule has 0 N–H and O–H groups in total. The molecule has 0 unspecified atom stereocenters. The minimum absolute atomic E-state index is 0.307. The summed E-state index contributed by atoms with van der Waals surface area (Å²) < 4.78 is 27.8. The molecule has 2 aromatic rings. The quantitative estimate of drug-likeness (QED) is 0.707. The highest BCUT2D eigenvalue weighted by Gasteiger charge is 2.13. The summed E-state index contributed by atoms with van der Waals surface area (Å²) in [5.74, 6) is -1.50. The second-order valence-corrected chi connectivity index (χ2v) is 4.38. The summed E-state index contributed by atoms with van der Waals surface area (Å²) in [6.45, 7) is 3.75. The lowest BCUT2D eigenvalue weighted by Crippen LogP contribution is -1.95. The molecular weight excluding hydrogens is 242 g/mol. The molecule has 0 amide bonds. The van der Waals surface area contributed by atoms with Gasteiger partial charge in [-0.25, -0.2) is 8.78 Å². The van der Waals surface area contributed by atoms with Gasteiger partial charge in [0.25, 0.3) is 0 Å². The molecule has 2 heteroatoms. The molecular formula is C17H16F2. The highest BCUT2D eigenvalue weighted by atomic mass is 19.2. The Morgan fingerprint density at radius 1 is 0.947 bits per heavy atom. The van der Waals surface area contributed by atoms with E-state index in [1.54, 1.807) is 24.3 Å². The van der Waals surface area contributed by atoms with Gasteiger partial charge in [-0.15, -0.1) is 0 Å². The van der Waals surface area contributed by atoms with Gasteiger partial charge in [-0.05, 0) is 30.0 Å². The van der Waals surface area contributed by atoms with Crippen LogP contribution >= 0.6 is 0 Å². The first kappa shape index (κ1) is 13.5. The molecule has 0 aliphatic heterocycles. The number of hydrogen-bond acceptors (Lipinski definition) is 0. The van der Waals surface area contributed by atoms with Crippen molar-refractivity contribution in [2.75, 3.05) is 0 Å². The summed E-state index contributed by atoms with van der Waals surface area (Å²) >= 11 is 0.